The molecule has 28 heavy (non-hydrogen) atoms. The Morgan fingerprint density at radius 1 is 1.29 bits per heavy atom. The molecule has 1 amide bonds. The normalized spacial score (nSPS) is 11.5. The molecule has 0 unspecified atom stereocenters. The van der Waals surface area contributed by atoms with Crippen LogP contribution in [-0.2, 0) is 21.4 Å². The lowest BCUT2D eigenvalue weighted by molar-refractivity contribution is -0.117. The highest BCUT2D eigenvalue weighted by Crippen LogP contribution is 2.23. The van der Waals surface area contributed by atoms with E-state index >= 15 is 0 Å². The number of carboxylic acid groups (broad SMARTS) is 1. The van der Waals surface area contributed by atoms with Gasteiger partial charge in [0, 0.05) is 19.8 Å². The van der Waals surface area contributed by atoms with E-state index in [1.807, 2.05) is 0 Å². The topological polar surface area (TPSA) is 139 Å². The molecule has 0 aliphatic carbocycles. The quantitative estimate of drug-likeness (QED) is 0.674. The number of aromatic nitrogens is 2. The third-order valence-corrected chi connectivity index (χ3v) is 6.09. The minimum Gasteiger partial charge on any atom is -0.478 e. The van der Waals surface area contributed by atoms with E-state index in [9.17, 15) is 27.9 Å². The van der Waals surface area contributed by atoms with Crippen molar-refractivity contribution in [1.29, 1.82) is 0 Å². The van der Waals surface area contributed by atoms with Crippen LogP contribution in [0.3, 0.4) is 0 Å². The number of aromatic carboxylic acids is 1. The highest BCUT2D eigenvalue weighted by molar-refractivity contribution is 7.89. The lowest BCUT2D eigenvalue weighted by Crippen LogP contribution is -2.30. The molecule has 0 saturated carbocycles. The molecular weight excluding hydrogens is 435 g/mol. The second-order valence-corrected chi connectivity index (χ2v) is 8.53. The number of amides is 1. The maximum absolute atomic E-state index is 12.4. The molecule has 2 aromatic rings. The summed E-state index contributed by atoms with van der Waals surface area (Å²) in [5.41, 5.74) is -1.21. The largest absolute Gasteiger partial charge is 0.478 e. The molecule has 0 aliphatic rings. The molecule has 150 valence electrons. The van der Waals surface area contributed by atoms with Gasteiger partial charge in [-0.2, -0.15) is 5.10 Å². The van der Waals surface area contributed by atoms with Crippen LogP contribution in [0, 0.1) is 0 Å². The van der Waals surface area contributed by atoms with Gasteiger partial charge in [-0.3, -0.25) is 9.59 Å². The van der Waals surface area contributed by atoms with E-state index in [0.29, 0.717) is 0 Å². The molecule has 1 aromatic heterocycles. The van der Waals surface area contributed by atoms with Gasteiger partial charge in [-0.25, -0.2) is 22.2 Å². The minimum absolute atomic E-state index is 0.0172. The molecule has 13 heteroatoms. The van der Waals surface area contributed by atoms with E-state index in [4.69, 9.17) is 23.2 Å². The van der Waals surface area contributed by atoms with Gasteiger partial charge in [0.2, 0.25) is 15.9 Å². The zero-order valence-electron chi connectivity index (χ0n) is 14.5. The summed E-state index contributed by atoms with van der Waals surface area (Å²) in [7, 11) is -1.60. The first kappa shape index (κ1) is 21.8. The number of sulfonamides is 1. The number of hydrogen-bond acceptors (Lipinski definition) is 6. The van der Waals surface area contributed by atoms with Crippen LogP contribution in [0.1, 0.15) is 10.4 Å². The van der Waals surface area contributed by atoms with Crippen molar-refractivity contribution in [3.63, 3.8) is 0 Å². The van der Waals surface area contributed by atoms with Crippen molar-refractivity contribution in [3.8, 4) is 0 Å². The van der Waals surface area contributed by atoms with Gasteiger partial charge in [0.15, 0.2) is 0 Å². The number of carboxylic acids is 1. The van der Waals surface area contributed by atoms with Gasteiger partial charge in [-0.1, -0.05) is 23.2 Å². The van der Waals surface area contributed by atoms with Gasteiger partial charge < -0.3 is 10.4 Å². The highest BCUT2D eigenvalue weighted by atomic mass is 35.5. The molecule has 0 radical (unpaired) electrons. The monoisotopic (exact) mass is 448 g/mol. The molecule has 0 aliphatic heterocycles. The summed E-state index contributed by atoms with van der Waals surface area (Å²) < 4.78 is 26.4. The number of anilines is 1. The van der Waals surface area contributed by atoms with Crippen LogP contribution in [0.25, 0.3) is 0 Å². The average molecular weight is 449 g/mol. The minimum atomic E-state index is -4.09. The summed E-state index contributed by atoms with van der Waals surface area (Å²) in [5, 5.41) is 14.9. The van der Waals surface area contributed by atoms with Gasteiger partial charge in [0.05, 0.1) is 21.7 Å². The van der Waals surface area contributed by atoms with E-state index < -0.39 is 44.5 Å². The van der Waals surface area contributed by atoms with E-state index in [1.165, 1.54) is 20.2 Å². The van der Waals surface area contributed by atoms with Gasteiger partial charge in [-0.15, -0.1) is 0 Å². The summed E-state index contributed by atoms with van der Waals surface area (Å²) in [6, 6.07) is 3.29. The molecule has 10 nitrogen and oxygen atoms in total. The Morgan fingerprint density at radius 3 is 2.50 bits per heavy atom. The molecule has 1 heterocycles. The second-order valence-electron chi connectivity index (χ2n) is 5.62. The number of nitrogens with zero attached hydrogens (tertiary/aromatic N) is 3. The van der Waals surface area contributed by atoms with Crippen LogP contribution in [0.15, 0.2) is 34.1 Å². The number of hydrogen-bond donors (Lipinski definition) is 2. The van der Waals surface area contributed by atoms with Crippen LogP contribution >= 0.6 is 23.2 Å². The van der Waals surface area contributed by atoms with Crippen molar-refractivity contribution in [2.24, 2.45) is 0 Å². The van der Waals surface area contributed by atoms with Crippen LogP contribution in [0.5, 0.6) is 0 Å². The Morgan fingerprint density at radius 2 is 1.93 bits per heavy atom. The number of rotatable bonds is 6. The molecule has 0 spiro atoms. The smallest absolute Gasteiger partial charge is 0.337 e. The summed E-state index contributed by atoms with van der Waals surface area (Å²) >= 11 is 11.4. The van der Waals surface area contributed by atoms with E-state index in [0.717, 1.165) is 27.3 Å². The van der Waals surface area contributed by atoms with Crippen molar-refractivity contribution in [2.75, 3.05) is 19.4 Å². The Hall–Kier alpha value is -2.47. The fraction of sp³-hybridized carbons (Fsp3) is 0.200. The number of benzene rings is 1. The number of nitrogens with one attached hydrogen (secondary N) is 1. The maximum Gasteiger partial charge on any atom is 0.337 e. The summed E-state index contributed by atoms with van der Waals surface area (Å²) in [5.74, 6) is -2.16. The fourth-order valence-electron chi connectivity index (χ4n) is 2.08. The van der Waals surface area contributed by atoms with E-state index in [1.54, 1.807) is 0 Å². The SMILES string of the molecule is CN(C)S(=O)(=O)c1cc(NC(=O)Cn2ncc(Cl)c(Cl)c2=O)ccc1C(=O)O. The molecular formula is C15H14Cl2N4O6S. The zero-order chi connectivity index (χ0) is 21.2. The zero-order valence-corrected chi connectivity index (χ0v) is 16.8. The second kappa shape index (κ2) is 8.27. The Kier molecular flexibility index (Phi) is 6.44. The number of carbonyl (C=O) groups is 2. The molecule has 0 fully saturated rings. The first-order valence-electron chi connectivity index (χ1n) is 7.46. The maximum atomic E-state index is 12.4. The van der Waals surface area contributed by atoms with Crippen molar-refractivity contribution < 1.29 is 23.1 Å². The Balaban J connectivity index is 2.34. The standard InChI is InChI=1S/C15H14Cl2N4O6S/c1-20(2)28(26,27)11-5-8(3-4-9(11)15(24)25)19-12(22)7-21-14(23)13(17)10(16)6-18-21/h3-6H,7H2,1-2H3,(H,19,22)(H,24,25). The molecule has 2 rings (SSSR count). The predicted molar refractivity (Wildman–Crippen MR) is 101 cm³/mol. The van der Waals surface area contributed by atoms with Crippen LogP contribution in [0.2, 0.25) is 10.0 Å². The van der Waals surface area contributed by atoms with Crippen LogP contribution in [0.4, 0.5) is 5.69 Å². The van der Waals surface area contributed by atoms with Crippen molar-refractivity contribution in [2.45, 2.75) is 11.4 Å². The van der Waals surface area contributed by atoms with Gasteiger partial charge in [0.25, 0.3) is 5.56 Å². The molecule has 2 N–H and O–H groups in total. The summed E-state index contributed by atoms with van der Waals surface area (Å²) in [4.78, 5) is 34.9. The fourth-order valence-corrected chi connectivity index (χ4v) is 3.45. The third-order valence-electron chi connectivity index (χ3n) is 3.49. The predicted octanol–water partition coefficient (Wildman–Crippen LogP) is 1.14. The number of carbonyl (C=O) groups excluding carboxylic acids is 1. The van der Waals surface area contributed by atoms with E-state index in [-0.39, 0.29) is 15.7 Å². The lowest BCUT2D eigenvalue weighted by Gasteiger charge is -2.15. The Bertz CT molecular complexity index is 1110. The van der Waals surface area contributed by atoms with Crippen molar-refractivity contribution in [1.82, 2.24) is 14.1 Å². The number of halogens is 2. The Labute approximate surface area is 169 Å². The van der Waals surface area contributed by atoms with Crippen LogP contribution < -0.4 is 10.9 Å². The molecule has 0 saturated heterocycles. The third kappa shape index (κ3) is 4.50. The van der Waals surface area contributed by atoms with Crippen LogP contribution in [-0.4, -0.2) is 53.6 Å². The van der Waals surface area contributed by atoms with Gasteiger partial charge in [-0.05, 0) is 18.2 Å². The summed E-state index contributed by atoms with van der Waals surface area (Å²) in [6.07, 6.45) is 1.10. The first-order valence-corrected chi connectivity index (χ1v) is 9.65. The van der Waals surface area contributed by atoms with E-state index in [2.05, 4.69) is 10.4 Å². The van der Waals surface area contributed by atoms with Gasteiger partial charge in [0.1, 0.15) is 11.6 Å². The average Bonchev–Trinajstić information content (AvgIpc) is 2.61. The highest BCUT2D eigenvalue weighted by Gasteiger charge is 2.25. The first-order chi connectivity index (χ1) is 12.9. The molecule has 1 aromatic carbocycles. The van der Waals surface area contributed by atoms with Gasteiger partial charge >= 0.3 is 5.97 Å². The van der Waals surface area contributed by atoms with Crippen molar-refractivity contribution in [3.05, 3.63) is 50.4 Å². The summed E-state index contributed by atoms with van der Waals surface area (Å²) in [6.45, 7) is -0.522. The molecule has 0 atom stereocenters. The van der Waals surface area contributed by atoms with Crippen molar-refractivity contribution >= 4 is 50.8 Å². The lowest BCUT2D eigenvalue weighted by atomic mass is 10.2. The molecule has 0 bridgehead atoms.